The lowest BCUT2D eigenvalue weighted by atomic mass is 10.1. The van der Waals surface area contributed by atoms with E-state index in [0.29, 0.717) is 5.75 Å². The summed E-state index contributed by atoms with van der Waals surface area (Å²) in [6.45, 7) is 0. The lowest BCUT2D eigenvalue weighted by Crippen LogP contribution is -1.99. The number of carbonyl (C=O) groups excluding carboxylic acids is 1. The molecule has 18 heavy (non-hydrogen) atoms. The molecule has 0 radical (unpaired) electrons. The highest BCUT2D eigenvalue weighted by Crippen LogP contribution is 2.17. The third kappa shape index (κ3) is 2.84. The van der Waals surface area contributed by atoms with E-state index < -0.39 is 5.82 Å². The molecule has 2 rings (SSSR count). The molecule has 0 atom stereocenters. The fourth-order valence-electron chi connectivity index (χ4n) is 1.45. The van der Waals surface area contributed by atoms with Crippen molar-refractivity contribution in [2.24, 2.45) is 0 Å². The molecule has 0 saturated carbocycles. The molecular formula is C14H11FO2S. The van der Waals surface area contributed by atoms with Crippen molar-refractivity contribution < 1.29 is 13.9 Å². The lowest BCUT2D eigenvalue weighted by molar-refractivity contribution is 0.104. The molecule has 0 aliphatic carbocycles. The van der Waals surface area contributed by atoms with Gasteiger partial charge in [-0.25, -0.2) is 4.39 Å². The summed E-state index contributed by atoms with van der Waals surface area (Å²) in [6.07, 6.45) is 3.04. The van der Waals surface area contributed by atoms with Gasteiger partial charge in [-0.1, -0.05) is 6.08 Å². The van der Waals surface area contributed by atoms with E-state index in [1.807, 2.05) is 16.8 Å². The van der Waals surface area contributed by atoms with Gasteiger partial charge in [0.25, 0.3) is 0 Å². The third-order valence-electron chi connectivity index (χ3n) is 2.41. The number of carbonyl (C=O) groups is 1. The second-order valence-electron chi connectivity index (χ2n) is 3.60. The van der Waals surface area contributed by atoms with Gasteiger partial charge < -0.3 is 4.74 Å². The molecule has 4 heteroatoms. The smallest absolute Gasteiger partial charge is 0.188 e. The zero-order chi connectivity index (χ0) is 13.0. The van der Waals surface area contributed by atoms with Gasteiger partial charge in [0, 0.05) is 6.07 Å². The second-order valence-corrected chi connectivity index (χ2v) is 4.38. The molecule has 0 fully saturated rings. The number of rotatable bonds is 4. The van der Waals surface area contributed by atoms with E-state index in [9.17, 15) is 9.18 Å². The third-order valence-corrected chi connectivity index (χ3v) is 3.11. The fourth-order valence-corrected chi connectivity index (χ4v) is 2.08. The van der Waals surface area contributed by atoms with E-state index >= 15 is 0 Å². The molecule has 1 heterocycles. The van der Waals surface area contributed by atoms with Crippen molar-refractivity contribution in [2.75, 3.05) is 7.11 Å². The van der Waals surface area contributed by atoms with Crippen LogP contribution >= 0.6 is 11.3 Å². The molecule has 2 nitrogen and oxygen atoms in total. The molecular weight excluding hydrogens is 251 g/mol. The highest BCUT2D eigenvalue weighted by molar-refractivity contribution is 7.08. The predicted molar refractivity (Wildman–Crippen MR) is 70.6 cm³/mol. The Balaban J connectivity index is 2.19. The zero-order valence-electron chi connectivity index (χ0n) is 9.72. The van der Waals surface area contributed by atoms with Gasteiger partial charge in [0.2, 0.25) is 0 Å². The largest absolute Gasteiger partial charge is 0.497 e. The van der Waals surface area contributed by atoms with Crippen LogP contribution in [0.2, 0.25) is 0 Å². The van der Waals surface area contributed by atoms with E-state index in [0.717, 1.165) is 5.56 Å². The maximum absolute atomic E-state index is 13.6. The standard InChI is InChI=1S/C14H11FO2S/c1-17-11-3-4-12(13(15)8-11)14(16)5-2-10-6-7-18-9-10/h2-9H,1H3/b5-2+. The van der Waals surface area contributed by atoms with Crippen molar-refractivity contribution in [1.82, 2.24) is 0 Å². The topological polar surface area (TPSA) is 26.3 Å². The summed E-state index contributed by atoms with van der Waals surface area (Å²) >= 11 is 1.54. The molecule has 2 aromatic rings. The van der Waals surface area contributed by atoms with Crippen LogP contribution in [0.4, 0.5) is 4.39 Å². The normalized spacial score (nSPS) is 10.8. The summed E-state index contributed by atoms with van der Waals surface area (Å²) in [5.74, 6) is -0.540. The molecule has 92 valence electrons. The Morgan fingerprint density at radius 3 is 2.83 bits per heavy atom. The summed E-state index contributed by atoms with van der Waals surface area (Å²) in [4.78, 5) is 11.8. The minimum atomic E-state index is -0.575. The molecule has 0 saturated heterocycles. The van der Waals surface area contributed by atoms with Crippen LogP contribution in [0.3, 0.4) is 0 Å². The van der Waals surface area contributed by atoms with Gasteiger partial charge in [-0.3, -0.25) is 4.79 Å². The molecule has 0 bridgehead atoms. The highest BCUT2D eigenvalue weighted by atomic mass is 32.1. The van der Waals surface area contributed by atoms with E-state index in [4.69, 9.17) is 4.74 Å². The van der Waals surface area contributed by atoms with E-state index in [1.165, 1.54) is 25.3 Å². The monoisotopic (exact) mass is 262 g/mol. The quantitative estimate of drug-likeness (QED) is 0.619. The number of hydrogen-bond acceptors (Lipinski definition) is 3. The summed E-state index contributed by atoms with van der Waals surface area (Å²) in [5.41, 5.74) is 0.976. The number of thiophene rings is 1. The summed E-state index contributed by atoms with van der Waals surface area (Å²) in [5, 5.41) is 3.83. The minimum absolute atomic E-state index is 0.0438. The van der Waals surface area contributed by atoms with Crippen LogP contribution in [0.1, 0.15) is 15.9 Å². The second kappa shape index (κ2) is 5.60. The Kier molecular flexibility index (Phi) is 3.89. The number of benzene rings is 1. The van der Waals surface area contributed by atoms with Crippen molar-refractivity contribution in [3.8, 4) is 5.75 Å². The number of ketones is 1. The van der Waals surface area contributed by atoms with Gasteiger partial charge in [0.05, 0.1) is 12.7 Å². The average Bonchev–Trinajstić information content (AvgIpc) is 2.88. The molecule has 0 aliphatic heterocycles. The molecule has 0 aliphatic rings. The first-order valence-electron chi connectivity index (χ1n) is 5.29. The summed E-state index contributed by atoms with van der Waals surface area (Å²) in [6, 6.07) is 6.08. The summed E-state index contributed by atoms with van der Waals surface area (Å²) in [7, 11) is 1.45. The SMILES string of the molecule is COc1ccc(C(=O)/C=C/c2ccsc2)c(F)c1. The van der Waals surface area contributed by atoms with Gasteiger partial charge in [0.15, 0.2) is 5.78 Å². The van der Waals surface area contributed by atoms with Crippen LogP contribution in [-0.2, 0) is 0 Å². The van der Waals surface area contributed by atoms with E-state index in [1.54, 1.807) is 23.5 Å². The van der Waals surface area contributed by atoms with E-state index in [2.05, 4.69) is 0 Å². The number of allylic oxidation sites excluding steroid dienone is 1. The fraction of sp³-hybridized carbons (Fsp3) is 0.0714. The van der Waals surface area contributed by atoms with Gasteiger partial charge in [0.1, 0.15) is 11.6 Å². The zero-order valence-corrected chi connectivity index (χ0v) is 10.5. The first-order valence-corrected chi connectivity index (χ1v) is 6.23. The highest BCUT2D eigenvalue weighted by Gasteiger charge is 2.09. The van der Waals surface area contributed by atoms with Crippen molar-refractivity contribution in [3.63, 3.8) is 0 Å². The molecule has 0 spiro atoms. The maximum Gasteiger partial charge on any atom is 0.188 e. The lowest BCUT2D eigenvalue weighted by Gasteiger charge is -2.02. The number of ether oxygens (including phenoxy) is 1. The Morgan fingerprint density at radius 1 is 1.39 bits per heavy atom. The Hall–Kier alpha value is -1.94. The molecule has 0 unspecified atom stereocenters. The van der Waals surface area contributed by atoms with Crippen molar-refractivity contribution in [3.05, 3.63) is 58.0 Å². The number of halogens is 1. The van der Waals surface area contributed by atoms with Crippen molar-refractivity contribution >= 4 is 23.2 Å². The average molecular weight is 262 g/mol. The molecule has 0 N–H and O–H groups in total. The molecule has 1 aromatic carbocycles. The Labute approximate surface area is 108 Å². The van der Waals surface area contributed by atoms with Crippen molar-refractivity contribution in [1.29, 1.82) is 0 Å². The predicted octanol–water partition coefficient (Wildman–Crippen LogP) is 3.79. The van der Waals surface area contributed by atoms with Crippen molar-refractivity contribution in [2.45, 2.75) is 0 Å². The first kappa shape index (κ1) is 12.5. The van der Waals surface area contributed by atoms with Crippen LogP contribution in [0.15, 0.2) is 41.1 Å². The van der Waals surface area contributed by atoms with Crippen LogP contribution in [0, 0.1) is 5.82 Å². The number of hydrogen-bond donors (Lipinski definition) is 0. The Bertz CT molecular complexity index is 573. The minimum Gasteiger partial charge on any atom is -0.497 e. The maximum atomic E-state index is 13.6. The first-order chi connectivity index (χ1) is 8.70. The van der Waals surface area contributed by atoms with Crippen LogP contribution in [0.5, 0.6) is 5.75 Å². The molecule has 1 aromatic heterocycles. The molecule has 0 amide bonds. The van der Waals surface area contributed by atoms with Gasteiger partial charge in [-0.05, 0) is 40.6 Å². The van der Waals surface area contributed by atoms with Crippen LogP contribution in [-0.4, -0.2) is 12.9 Å². The number of methoxy groups -OCH3 is 1. The van der Waals surface area contributed by atoms with E-state index in [-0.39, 0.29) is 11.3 Å². The van der Waals surface area contributed by atoms with Gasteiger partial charge in [-0.2, -0.15) is 11.3 Å². The van der Waals surface area contributed by atoms with Gasteiger partial charge in [-0.15, -0.1) is 0 Å². The summed E-state index contributed by atoms with van der Waals surface area (Å²) < 4.78 is 18.5. The van der Waals surface area contributed by atoms with Gasteiger partial charge >= 0.3 is 0 Å². The Morgan fingerprint density at radius 2 is 2.22 bits per heavy atom. The van der Waals surface area contributed by atoms with Crippen LogP contribution < -0.4 is 4.74 Å². The van der Waals surface area contributed by atoms with Crippen LogP contribution in [0.25, 0.3) is 6.08 Å².